The average molecular weight is 375 g/mol. The molecule has 0 radical (unpaired) electrons. The number of fused-ring (bicyclic) bond motifs is 1. The topological polar surface area (TPSA) is 45.7 Å². The Labute approximate surface area is 165 Å². The Bertz CT molecular complexity index is 980. The summed E-state index contributed by atoms with van der Waals surface area (Å²) in [7, 11) is 0. The smallest absolute Gasteiger partial charge is 0.260 e. The Balaban J connectivity index is 1.39. The average Bonchev–Trinajstić information content (AvgIpc) is 2.73. The number of aromatic nitrogens is 1. The van der Waals surface area contributed by atoms with Crippen molar-refractivity contribution in [3.63, 3.8) is 0 Å². The lowest BCUT2D eigenvalue weighted by Gasteiger charge is -2.35. The molecule has 3 aromatic rings. The second kappa shape index (κ2) is 7.89. The maximum atomic E-state index is 12.5. The fraction of sp³-hybridized carbons (Fsp3) is 0.304. The van der Waals surface area contributed by atoms with Gasteiger partial charge in [0.05, 0.1) is 5.52 Å². The summed E-state index contributed by atoms with van der Waals surface area (Å²) in [6.45, 7) is 7.24. The zero-order valence-electron chi connectivity index (χ0n) is 16.4. The third-order valence-electron chi connectivity index (χ3n) is 5.30. The van der Waals surface area contributed by atoms with Gasteiger partial charge in [0.15, 0.2) is 6.61 Å². The van der Waals surface area contributed by atoms with Crippen molar-refractivity contribution < 1.29 is 9.53 Å². The fourth-order valence-electron chi connectivity index (χ4n) is 3.64. The summed E-state index contributed by atoms with van der Waals surface area (Å²) < 4.78 is 5.59. The van der Waals surface area contributed by atoms with Crippen LogP contribution >= 0.6 is 0 Å². The molecule has 4 rings (SSSR count). The first kappa shape index (κ1) is 18.3. The summed E-state index contributed by atoms with van der Waals surface area (Å²) in [6, 6.07) is 17.9. The van der Waals surface area contributed by atoms with Gasteiger partial charge < -0.3 is 14.5 Å². The highest BCUT2D eigenvalue weighted by Gasteiger charge is 2.22. The number of benzene rings is 2. The molecule has 144 valence electrons. The second-order valence-electron chi connectivity index (χ2n) is 7.24. The minimum atomic E-state index is 0.0296. The third kappa shape index (κ3) is 3.79. The van der Waals surface area contributed by atoms with Gasteiger partial charge in [-0.25, -0.2) is 4.98 Å². The van der Waals surface area contributed by atoms with Crippen LogP contribution in [0.3, 0.4) is 0 Å². The monoisotopic (exact) mass is 375 g/mol. The van der Waals surface area contributed by atoms with Crippen LogP contribution in [-0.2, 0) is 4.79 Å². The number of hydrogen-bond donors (Lipinski definition) is 0. The van der Waals surface area contributed by atoms with E-state index in [-0.39, 0.29) is 12.5 Å². The predicted octanol–water partition coefficient (Wildman–Crippen LogP) is 3.58. The normalized spacial score (nSPS) is 14.4. The van der Waals surface area contributed by atoms with E-state index in [0.29, 0.717) is 13.1 Å². The van der Waals surface area contributed by atoms with Crippen LogP contribution < -0.4 is 9.64 Å². The number of carbonyl (C=O) groups excluding carboxylic acids is 1. The maximum Gasteiger partial charge on any atom is 0.260 e. The number of carbonyl (C=O) groups is 1. The van der Waals surface area contributed by atoms with Gasteiger partial charge in [0.2, 0.25) is 0 Å². The van der Waals surface area contributed by atoms with E-state index in [1.807, 2.05) is 35.2 Å². The van der Waals surface area contributed by atoms with Crippen LogP contribution in [0.25, 0.3) is 10.9 Å². The number of hydrogen-bond acceptors (Lipinski definition) is 4. The van der Waals surface area contributed by atoms with Crippen molar-refractivity contribution in [2.75, 3.05) is 37.7 Å². The molecule has 1 aliphatic heterocycles. The van der Waals surface area contributed by atoms with Crippen LogP contribution in [0.4, 0.5) is 5.82 Å². The standard InChI is InChI=1S/C23H25N3O2/c1-17-7-6-10-20-18(2)15-21(24-23(17)20)25-11-13-26(14-12-25)22(27)16-28-19-8-4-3-5-9-19/h3-10,15H,11-14,16H2,1-2H3. The number of ether oxygens (including phenoxy) is 1. The molecule has 5 nitrogen and oxygen atoms in total. The van der Waals surface area contributed by atoms with Crippen molar-refractivity contribution in [1.29, 1.82) is 0 Å². The number of piperazine rings is 1. The van der Waals surface area contributed by atoms with Gasteiger partial charge in [0.1, 0.15) is 11.6 Å². The third-order valence-corrected chi connectivity index (χ3v) is 5.30. The molecule has 1 amide bonds. The first-order valence-corrected chi connectivity index (χ1v) is 9.69. The van der Waals surface area contributed by atoms with Crippen molar-refractivity contribution in [1.82, 2.24) is 9.88 Å². The Hall–Kier alpha value is -3.08. The summed E-state index contributed by atoms with van der Waals surface area (Å²) in [5.41, 5.74) is 3.49. The number of pyridine rings is 1. The molecule has 2 aromatic carbocycles. The number of para-hydroxylation sites is 2. The van der Waals surface area contributed by atoms with E-state index < -0.39 is 0 Å². The highest BCUT2D eigenvalue weighted by molar-refractivity contribution is 5.86. The number of anilines is 1. The van der Waals surface area contributed by atoms with Gasteiger partial charge in [0, 0.05) is 31.6 Å². The Morgan fingerprint density at radius 1 is 0.964 bits per heavy atom. The van der Waals surface area contributed by atoms with E-state index in [0.717, 1.165) is 30.2 Å². The summed E-state index contributed by atoms with van der Waals surface area (Å²) in [5.74, 6) is 1.75. The maximum absolute atomic E-state index is 12.5. The van der Waals surface area contributed by atoms with Crippen LogP contribution in [0.5, 0.6) is 5.75 Å². The van der Waals surface area contributed by atoms with E-state index >= 15 is 0 Å². The van der Waals surface area contributed by atoms with Crippen molar-refractivity contribution in [3.05, 3.63) is 65.7 Å². The largest absolute Gasteiger partial charge is 0.484 e. The molecule has 1 aromatic heterocycles. The summed E-state index contributed by atoms with van der Waals surface area (Å²) >= 11 is 0. The minimum Gasteiger partial charge on any atom is -0.484 e. The van der Waals surface area contributed by atoms with Crippen molar-refractivity contribution in [2.24, 2.45) is 0 Å². The molecule has 0 spiro atoms. The molecule has 2 heterocycles. The molecule has 28 heavy (non-hydrogen) atoms. The Morgan fingerprint density at radius 2 is 1.71 bits per heavy atom. The lowest BCUT2D eigenvalue weighted by Crippen LogP contribution is -2.50. The molecule has 0 atom stereocenters. The zero-order valence-corrected chi connectivity index (χ0v) is 16.4. The van der Waals surface area contributed by atoms with Crippen LogP contribution in [-0.4, -0.2) is 48.6 Å². The first-order valence-electron chi connectivity index (χ1n) is 9.69. The summed E-state index contributed by atoms with van der Waals surface area (Å²) in [5, 5.41) is 1.20. The van der Waals surface area contributed by atoms with Gasteiger partial charge in [-0.05, 0) is 43.2 Å². The van der Waals surface area contributed by atoms with E-state index in [9.17, 15) is 4.79 Å². The van der Waals surface area contributed by atoms with Gasteiger partial charge in [-0.15, -0.1) is 0 Å². The molecular weight excluding hydrogens is 350 g/mol. The molecule has 0 unspecified atom stereocenters. The minimum absolute atomic E-state index is 0.0296. The van der Waals surface area contributed by atoms with E-state index in [1.165, 1.54) is 16.5 Å². The van der Waals surface area contributed by atoms with Gasteiger partial charge in [-0.1, -0.05) is 36.4 Å². The molecule has 0 N–H and O–H groups in total. The number of aryl methyl sites for hydroxylation is 2. The van der Waals surface area contributed by atoms with E-state index in [2.05, 4.69) is 43.0 Å². The number of amides is 1. The van der Waals surface area contributed by atoms with Crippen LogP contribution in [0.15, 0.2) is 54.6 Å². The Kier molecular flexibility index (Phi) is 5.15. The van der Waals surface area contributed by atoms with Crippen LogP contribution in [0, 0.1) is 13.8 Å². The second-order valence-corrected chi connectivity index (χ2v) is 7.24. The number of nitrogens with zero attached hydrogens (tertiary/aromatic N) is 3. The van der Waals surface area contributed by atoms with Crippen molar-refractivity contribution in [3.8, 4) is 5.75 Å². The molecule has 1 aliphatic rings. The molecule has 0 bridgehead atoms. The molecule has 0 aliphatic carbocycles. The fourth-order valence-corrected chi connectivity index (χ4v) is 3.64. The Morgan fingerprint density at radius 3 is 2.46 bits per heavy atom. The molecule has 1 saturated heterocycles. The first-order chi connectivity index (χ1) is 13.6. The van der Waals surface area contributed by atoms with Gasteiger partial charge in [-0.3, -0.25) is 4.79 Å². The molecule has 5 heteroatoms. The quantitative estimate of drug-likeness (QED) is 0.699. The number of rotatable bonds is 4. The van der Waals surface area contributed by atoms with Gasteiger partial charge in [0.25, 0.3) is 5.91 Å². The zero-order chi connectivity index (χ0) is 19.5. The lowest BCUT2D eigenvalue weighted by molar-refractivity contribution is -0.133. The lowest BCUT2D eigenvalue weighted by atomic mass is 10.1. The highest BCUT2D eigenvalue weighted by atomic mass is 16.5. The van der Waals surface area contributed by atoms with Crippen molar-refractivity contribution in [2.45, 2.75) is 13.8 Å². The summed E-state index contributed by atoms with van der Waals surface area (Å²) in [6.07, 6.45) is 0. The SMILES string of the molecule is Cc1cc(N2CCN(C(=O)COc3ccccc3)CC2)nc2c(C)cccc12. The van der Waals surface area contributed by atoms with E-state index in [1.54, 1.807) is 0 Å². The molecular formula is C23H25N3O2. The molecule has 1 fully saturated rings. The van der Waals surface area contributed by atoms with Gasteiger partial charge >= 0.3 is 0 Å². The van der Waals surface area contributed by atoms with E-state index in [4.69, 9.17) is 9.72 Å². The predicted molar refractivity (Wildman–Crippen MR) is 112 cm³/mol. The van der Waals surface area contributed by atoms with Crippen LogP contribution in [0.2, 0.25) is 0 Å². The molecule has 0 saturated carbocycles. The van der Waals surface area contributed by atoms with Gasteiger partial charge in [-0.2, -0.15) is 0 Å². The van der Waals surface area contributed by atoms with Crippen LogP contribution in [0.1, 0.15) is 11.1 Å². The summed E-state index contributed by atoms with van der Waals surface area (Å²) in [4.78, 5) is 21.5. The van der Waals surface area contributed by atoms with Crippen molar-refractivity contribution >= 4 is 22.6 Å². The highest BCUT2D eigenvalue weighted by Crippen LogP contribution is 2.25.